The third kappa shape index (κ3) is 4.71. The molecule has 1 rings (SSSR count). The Bertz CT molecular complexity index is 458. The van der Waals surface area contributed by atoms with E-state index in [0.717, 1.165) is 23.5 Å². The quantitative estimate of drug-likeness (QED) is 0.734. The summed E-state index contributed by atoms with van der Waals surface area (Å²) >= 11 is 0. The summed E-state index contributed by atoms with van der Waals surface area (Å²) in [6, 6.07) is 5.45. The molecule has 0 heterocycles. The molecular weight excluding hydrogens is 242 g/mol. The lowest BCUT2D eigenvalue weighted by atomic mass is 10.1. The zero-order valence-electron chi connectivity index (χ0n) is 11.7. The van der Waals surface area contributed by atoms with Gasteiger partial charge >= 0.3 is 0 Å². The van der Waals surface area contributed by atoms with Gasteiger partial charge in [-0.25, -0.2) is 0 Å². The van der Waals surface area contributed by atoms with E-state index in [2.05, 4.69) is 16.0 Å². The van der Waals surface area contributed by atoms with Crippen molar-refractivity contribution in [1.82, 2.24) is 5.32 Å². The number of hydrogen-bond acceptors (Lipinski definition) is 3. The van der Waals surface area contributed by atoms with Crippen molar-refractivity contribution in [2.24, 2.45) is 0 Å². The molecule has 19 heavy (non-hydrogen) atoms. The summed E-state index contributed by atoms with van der Waals surface area (Å²) in [6.07, 6.45) is 0.427. The van der Waals surface area contributed by atoms with Crippen molar-refractivity contribution in [2.75, 3.05) is 23.7 Å². The molecule has 5 nitrogen and oxygen atoms in total. The second kappa shape index (κ2) is 7.53. The van der Waals surface area contributed by atoms with Gasteiger partial charge in [-0.2, -0.15) is 0 Å². The highest BCUT2D eigenvalue weighted by molar-refractivity contribution is 5.96. The lowest BCUT2D eigenvalue weighted by Crippen LogP contribution is -2.28. The Hall–Kier alpha value is -1.88. The van der Waals surface area contributed by atoms with Crippen molar-refractivity contribution in [1.29, 1.82) is 0 Å². The van der Waals surface area contributed by atoms with Gasteiger partial charge in [0.15, 0.2) is 0 Å². The number of benzene rings is 1. The first-order valence-electron chi connectivity index (χ1n) is 6.48. The van der Waals surface area contributed by atoms with Crippen LogP contribution in [0.5, 0.6) is 0 Å². The molecule has 0 aliphatic heterocycles. The lowest BCUT2D eigenvalue weighted by molar-refractivity contribution is -0.116. The lowest BCUT2D eigenvalue weighted by Gasteiger charge is -2.13. The highest BCUT2D eigenvalue weighted by atomic mass is 16.2. The van der Waals surface area contributed by atoms with E-state index in [1.165, 1.54) is 0 Å². The minimum atomic E-state index is -0.0936. The van der Waals surface area contributed by atoms with Gasteiger partial charge in [0.2, 0.25) is 11.8 Å². The predicted octanol–water partition coefficient (Wildman–Crippen LogP) is 1.89. The van der Waals surface area contributed by atoms with E-state index in [9.17, 15) is 9.59 Å². The maximum atomic E-state index is 11.7. The highest BCUT2D eigenvalue weighted by Gasteiger charge is 2.08. The van der Waals surface area contributed by atoms with Crippen molar-refractivity contribution in [3.05, 3.63) is 23.8 Å². The van der Waals surface area contributed by atoms with Crippen molar-refractivity contribution >= 4 is 23.2 Å². The number of nitrogens with one attached hydrogen (secondary N) is 3. The minimum Gasteiger partial charge on any atom is -0.326 e. The maximum absolute atomic E-state index is 11.7. The summed E-state index contributed by atoms with van der Waals surface area (Å²) in [7, 11) is 0. The van der Waals surface area contributed by atoms with Gasteiger partial charge in [-0.15, -0.1) is 0 Å². The van der Waals surface area contributed by atoms with Crippen LogP contribution >= 0.6 is 0 Å². The van der Waals surface area contributed by atoms with E-state index in [1.807, 2.05) is 26.0 Å². The van der Waals surface area contributed by atoms with Crippen molar-refractivity contribution < 1.29 is 9.59 Å². The Balaban J connectivity index is 2.77. The molecule has 0 aliphatic carbocycles. The molecule has 0 fully saturated rings. The van der Waals surface area contributed by atoms with Gasteiger partial charge in [-0.1, -0.05) is 19.9 Å². The molecule has 0 unspecified atom stereocenters. The zero-order chi connectivity index (χ0) is 14.3. The second-order valence-electron chi connectivity index (χ2n) is 4.21. The van der Waals surface area contributed by atoms with Crippen LogP contribution in [-0.2, 0) is 9.59 Å². The van der Waals surface area contributed by atoms with Gasteiger partial charge in [-0.05, 0) is 31.2 Å². The first-order valence-corrected chi connectivity index (χ1v) is 6.48. The topological polar surface area (TPSA) is 70.2 Å². The minimum absolute atomic E-state index is 0.0424. The Morgan fingerprint density at radius 2 is 1.63 bits per heavy atom. The molecule has 0 atom stereocenters. The molecule has 3 N–H and O–H groups in total. The fourth-order valence-electron chi connectivity index (χ4n) is 1.58. The van der Waals surface area contributed by atoms with E-state index in [1.54, 1.807) is 13.0 Å². The van der Waals surface area contributed by atoms with Crippen LogP contribution < -0.4 is 16.0 Å². The summed E-state index contributed by atoms with van der Waals surface area (Å²) in [6.45, 7) is 6.64. The molecule has 0 aliphatic rings. The average molecular weight is 263 g/mol. The van der Waals surface area contributed by atoms with E-state index < -0.39 is 0 Å². The van der Waals surface area contributed by atoms with Gasteiger partial charge in [-0.3, -0.25) is 9.59 Å². The second-order valence-corrected chi connectivity index (χ2v) is 4.21. The van der Waals surface area contributed by atoms with E-state index >= 15 is 0 Å². The van der Waals surface area contributed by atoms with Crippen molar-refractivity contribution in [3.8, 4) is 0 Å². The monoisotopic (exact) mass is 263 g/mol. The Labute approximate surface area is 113 Å². The Morgan fingerprint density at radius 3 is 2.16 bits per heavy atom. The number of carbonyl (C=O) groups is 2. The summed E-state index contributed by atoms with van der Waals surface area (Å²) in [5.74, 6) is -0.136. The van der Waals surface area contributed by atoms with Gasteiger partial charge in [0.05, 0.1) is 6.54 Å². The van der Waals surface area contributed by atoms with Gasteiger partial charge < -0.3 is 16.0 Å². The molecule has 2 amide bonds. The molecule has 104 valence electrons. The molecule has 0 saturated heterocycles. The fourth-order valence-corrected chi connectivity index (χ4v) is 1.58. The standard InChI is InChI=1S/C14H21N3O2/c1-4-13(18)16-11-7-6-8-12(10(11)3)17-14(19)9-15-5-2/h6-8,15H,4-5,9H2,1-3H3,(H,16,18)(H,17,19). The van der Waals surface area contributed by atoms with Crippen molar-refractivity contribution in [2.45, 2.75) is 27.2 Å². The number of rotatable bonds is 6. The number of carbonyl (C=O) groups excluding carboxylic acids is 2. The fraction of sp³-hybridized carbons (Fsp3) is 0.429. The van der Waals surface area contributed by atoms with Gasteiger partial charge in [0.25, 0.3) is 0 Å². The van der Waals surface area contributed by atoms with Crippen LogP contribution in [-0.4, -0.2) is 24.9 Å². The molecule has 0 radical (unpaired) electrons. The summed E-state index contributed by atoms with van der Waals surface area (Å²) in [4.78, 5) is 23.1. The maximum Gasteiger partial charge on any atom is 0.238 e. The molecule has 1 aromatic carbocycles. The summed E-state index contributed by atoms with van der Waals surface area (Å²) < 4.78 is 0. The SMILES string of the molecule is CCNCC(=O)Nc1cccc(NC(=O)CC)c1C. The molecule has 5 heteroatoms. The molecule has 0 bridgehead atoms. The van der Waals surface area contributed by atoms with Crippen molar-refractivity contribution in [3.63, 3.8) is 0 Å². The molecule has 0 aromatic heterocycles. The first kappa shape index (κ1) is 15.2. The molecule has 0 spiro atoms. The van der Waals surface area contributed by atoms with E-state index in [-0.39, 0.29) is 18.4 Å². The number of hydrogen-bond donors (Lipinski definition) is 3. The number of likely N-dealkylation sites (N-methyl/N-ethyl adjacent to an activating group) is 1. The Morgan fingerprint density at radius 1 is 1.05 bits per heavy atom. The van der Waals surface area contributed by atoms with Crippen LogP contribution in [0.3, 0.4) is 0 Å². The third-order valence-corrected chi connectivity index (χ3v) is 2.74. The van der Waals surface area contributed by atoms with Crippen LogP contribution in [0.4, 0.5) is 11.4 Å². The van der Waals surface area contributed by atoms with Gasteiger partial charge in [0.1, 0.15) is 0 Å². The van der Waals surface area contributed by atoms with Crippen LogP contribution in [0.25, 0.3) is 0 Å². The zero-order valence-corrected chi connectivity index (χ0v) is 11.7. The largest absolute Gasteiger partial charge is 0.326 e. The summed E-state index contributed by atoms with van der Waals surface area (Å²) in [5, 5.41) is 8.60. The number of anilines is 2. The molecular formula is C14H21N3O2. The van der Waals surface area contributed by atoms with Crippen LogP contribution in [0.15, 0.2) is 18.2 Å². The average Bonchev–Trinajstić information content (AvgIpc) is 2.40. The third-order valence-electron chi connectivity index (χ3n) is 2.74. The normalized spacial score (nSPS) is 10.1. The highest BCUT2D eigenvalue weighted by Crippen LogP contribution is 2.23. The predicted molar refractivity (Wildman–Crippen MR) is 77.3 cm³/mol. The first-order chi connectivity index (χ1) is 9.08. The van der Waals surface area contributed by atoms with Crippen LogP contribution in [0.1, 0.15) is 25.8 Å². The molecule has 1 aromatic rings. The number of amides is 2. The van der Waals surface area contributed by atoms with Gasteiger partial charge in [0, 0.05) is 17.8 Å². The smallest absolute Gasteiger partial charge is 0.238 e. The van der Waals surface area contributed by atoms with E-state index in [4.69, 9.17) is 0 Å². The Kier molecular flexibility index (Phi) is 6.02. The van der Waals surface area contributed by atoms with E-state index in [0.29, 0.717) is 6.42 Å². The summed E-state index contributed by atoms with van der Waals surface area (Å²) in [5.41, 5.74) is 2.30. The van der Waals surface area contributed by atoms with Crippen LogP contribution in [0.2, 0.25) is 0 Å². The van der Waals surface area contributed by atoms with Crippen LogP contribution in [0, 0.1) is 6.92 Å². The molecule has 0 saturated carbocycles.